The first kappa shape index (κ1) is 17.0. The molecule has 3 aromatic rings. The van der Waals surface area contributed by atoms with Gasteiger partial charge in [-0.2, -0.15) is 0 Å². The Morgan fingerprint density at radius 1 is 0.720 bits per heavy atom. The maximum Gasteiger partial charge on any atom is 0.124 e. The summed E-state index contributed by atoms with van der Waals surface area (Å²) in [5.41, 5.74) is 1.76. The summed E-state index contributed by atoms with van der Waals surface area (Å²) in [5, 5.41) is 19.0. The van der Waals surface area contributed by atoms with E-state index in [9.17, 15) is 23.2 Å². The lowest BCUT2D eigenvalue weighted by Gasteiger charge is -2.23. The second-order valence-corrected chi connectivity index (χ2v) is 6.96. The first-order valence-corrected chi connectivity index (χ1v) is 8.90. The molecular weight excluding hydrogens is 340 g/mol. The topological polar surface area (TPSA) is 97.7 Å². The van der Waals surface area contributed by atoms with Gasteiger partial charge in [0, 0.05) is 5.92 Å². The summed E-state index contributed by atoms with van der Waals surface area (Å²) in [6.45, 7) is 0. The Kier molecular flexibility index (Phi) is 4.48. The van der Waals surface area contributed by atoms with Crippen LogP contribution in [0.4, 0.5) is 0 Å². The van der Waals surface area contributed by atoms with Gasteiger partial charge in [0.15, 0.2) is 0 Å². The predicted octanol–water partition coefficient (Wildman–Crippen LogP) is 3.18. The minimum Gasteiger partial charge on any atom is -0.744 e. The fourth-order valence-corrected chi connectivity index (χ4v) is 3.55. The van der Waals surface area contributed by atoms with E-state index in [2.05, 4.69) is 0 Å². The second-order valence-electron chi connectivity index (χ2n) is 5.61. The molecule has 3 aromatic carbocycles. The van der Waals surface area contributed by atoms with E-state index < -0.39 is 16.0 Å². The van der Waals surface area contributed by atoms with Crippen molar-refractivity contribution in [3.63, 3.8) is 0 Å². The van der Waals surface area contributed by atoms with Crippen molar-refractivity contribution in [1.29, 1.82) is 0 Å². The zero-order valence-corrected chi connectivity index (χ0v) is 13.8. The summed E-state index contributed by atoms with van der Waals surface area (Å²) < 4.78 is 35.1. The monoisotopic (exact) mass is 355 g/mol. The molecule has 0 saturated heterocycles. The average Bonchev–Trinajstić information content (AvgIpc) is 2.58. The van der Waals surface area contributed by atoms with Crippen LogP contribution in [0, 0.1) is 0 Å². The Labute approximate surface area is 145 Å². The summed E-state index contributed by atoms with van der Waals surface area (Å²) >= 11 is 0. The molecule has 0 amide bonds. The zero-order chi connectivity index (χ0) is 18.0. The molecule has 25 heavy (non-hydrogen) atoms. The lowest BCUT2D eigenvalue weighted by atomic mass is 9.85. The van der Waals surface area contributed by atoms with Gasteiger partial charge in [-0.15, -0.1) is 0 Å². The molecule has 3 rings (SSSR count). The van der Waals surface area contributed by atoms with E-state index >= 15 is 0 Å². The maximum absolute atomic E-state index is 11.7. The molecule has 0 radical (unpaired) electrons. The molecule has 128 valence electrons. The standard InChI is InChI=1S/C19H16O5S/c20-15-9-5-13(6-10-15)19(14-7-11-16(21)12-8-14)17-3-1-2-4-18(17)25(22,23)24/h1-12,19-21H,(H,22,23,24)/p-1. The minimum absolute atomic E-state index is 0.0814. The highest BCUT2D eigenvalue weighted by molar-refractivity contribution is 7.85. The molecule has 0 aliphatic carbocycles. The molecule has 0 aliphatic rings. The van der Waals surface area contributed by atoms with Gasteiger partial charge >= 0.3 is 0 Å². The number of hydrogen-bond donors (Lipinski definition) is 2. The van der Waals surface area contributed by atoms with Gasteiger partial charge in [0.1, 0.15) is 21.6 Å². The molecular formula is C19H15O5S-. The van der Waals surface area contributed by atoms with E-state index in [-0.39, 0.29) is 16.4 Å². The lowest BCUT2D eigenvalue weighted by Crippen LogP contribution is -2.10. The van der Waals surface area contributed by atoms with Crippen LogP contribution >= 0.6 is 0 Å². The normalized spacial score (nSPS) is 11.6. The van der Waals surface area contributed by atoms with Crippen molar-refractivity contribution >= 4 is 10.1 Å². The van der Waals surface area contributed by atoms with Crippen molar-refractivity contribution in [3.05, 3.63) is 89.5 Å². The van der Waals surface area contributed by atoms with Crippen molar-refractivity contribution in [2.24, 2.45) is 0 Å². The van der Waals surface area contributed by atoms with Gasteiger partial charge in [-0.1, -0.05) is 42.5 Å². The Morgan fingerprint density at radius 2 is 1.16 bits per heavy atom. The maximum atomic E-state index is 11.7. The third-order valence-corrected chi connectivity index (χ3v) is 4.86. The Balaban J connectivity index is 2.26. The van der Waals surface area contributed by atoms with Crippen LogP contribution in [0.15, 0.2) is 77.7 Å². The Morgan fingerprint density at radius 3 is 1.60 bits per heavy atom. The highest BCUT2D eigenvalue weighted by atomic mass is 32.2. The third-order valence-electron chi connectivity index (χ3n) is 3.95. The van der Waals surface area contributed by atoms with Crippen LogP contribution in [0.1, 0.15) is 22.6 Å². The quantitative estimate of drug-likeness (QED) is 0.553. The first-order chi connectivity index (χ1) is 11.9. The van der Waals surface area contributed by atoms with Gasteiger partial charge in [-0.3, -0.25) is 0 Å². The van der Waals surface area contributed by atoms with E-state index in [1.54, 1.807) is 36.4 Å². The van der Waals surface area contributed by atoms with Gasteiger partial charge < -0.3 is 14.8 Å². The van der Waals surface area contributed by atoms with E-state index in [4.69, 9.17) is 0 Å². The van der Waals surface area contributed by atoms with Crippen molar-refractivity contribution in [2.45, 2.75) is 10.8 Å². The zero-order valence-electron chi connectivity index (χ0n) is 13.0. The van der Waals surface area contributed by atoms with Crippen LogP contribution < -0.4 is 0 Å². The van der Waals surface area contributed by atoms with Gasteiger partial charge in [-0.05, 0) is 47.0 Å². The molecule has 0 atom stereocenters. The molecule has 0 aromatic heterocycles. The fraction of sp³-hybridized carbons (Fsp3) is 0.0526. The van der Waals surface area contributed by atoms with E-state index in [1.807, 2.05) is 0 Å². The second kappa shape index (κ2) is 6.58. The summed E-state index contributed by atoms with van der Waals surface area (Å²) in [4.78, 5) is -0.291. The third kappa shape index (κ3) is 3.65. The smallest absolute Gasteiger partial charge is 0.124 e. The number of phenols is 2. The average molecular weight is 355 g/mol. The molecule has 5 nitrogen and oxygen atoms in total. The molecule has 0 saturated carbocycles. The van der Waals surface area contributed by atoms with Crippen molar-refractivity contribution in [3.8, 4) is 11.5 Å². The largest absolute Gasteiger partial charge is 0.744 e. The lowest BCUT2D eigenvalue weighted by molar-refractivity contribution is 0.461. The van der Waals surface area contributed by atoms with Gasteiger partial charge in [0.2, 0.25) is 0 Å². The molecule has 6 heteroatoms. The van der Waals surface area contributed by atoms with Crippen LogP contribution in [-0.2, 0) is 10.1 Å². The highest BCUT2D eigenvalue weighted by Crippen LogP contribution is 2.36. The van der Waals surface area contributed by atoms with Crippen LogP contribution in [0.5, 0.6) is 11.5 Å². The van der Waals surface area contributed by atoms with E-state index in [1.165, 1.54) is 36.4 Å². The summed E-state index contributed by atoms with van der Waals surface area (Å²) in [5.74, 6) is -0.378. The van der Waals surface area contributed by atoms with Gasteiger partial charge in [0.25, 0.3) is 0 Å². The number of rotatable bonds is 4. The molecule has 0 heterocycles. The summed E-state index contributed by atoms with van der Waals surface area (Å²) in [7, 11) is -4.66. The van der Waals surface area contributed by atoms with Crippen molar-refractivity contribution in [1.82, 2.24) is 0 Å². The SMILES string of the molecule is O=S(=O)([O-])c1ccccc1C(c1ccc(O)cc1)c1ccc(O)cc1. The molecule has 2 N–H and O–H groups in total. The van der Waals surface area contributed by atoms with E-state index in [0.717, 1.165) is 0 Å². The van der Waals surface area contributed by atoms with Crippen LogP contribution in [-0.4, -0.2) is 23.2 Å². The molecule has 0 fully saturated rings. The predicted molar refractivity (Wildman–Crippen MR) is 91.6 cm³/mol. The summed E-state index contributed by atoms with van der Waals surface area (Å²) in [6, 6.07) is 18.7. The number of phenolic OH excluding ortho intramolecular Hbond substituents is 2. The highest BCUT2D eigenvalue weighted by Gasteiger charge is 2.22. The van der Waals surface area contributed by atoms with Crippen molar-refractivity contribution < 1.29 is 23.2 Å². The Bertz CT molecular complexity index is 932. The van der Waals surface area contributed by atoms with Gasteiger partial charge in [-0.25, -0.2) is 8.42 Å². The van der Waals surface area contributed by atoms with E-state index in [0.29, 0.717) is 16.7 Å². The molecule has 0 aliphatic heterocycles. The van der Waals surface area contributed by atoms with Crippen molar-refractivity contribution in [2.75, 3.05) is 0 Å². The number of benzene rings is 3. The fourth-order valence-electron chi connectivity index (χ4n) is 2.83. The number of hydrogen-bond acceptors (Lipinski definition) is 5. The van der Waals surface area contributed by atoms with Crippen LogP contribution in [0.3, 0.4) is 0 Å². The Hall–Kier alpha value is -2.83. The van der Waals surface area contributed by atoms with Gasteiger partial charge in [0.05, 0.1) is 4.90 Å². The molecule has 0 bridgehead atoms. The summed E-state index contributed by atoms with van der Waals surface area (Å²) in [6.07, 6.45) is 0. The molecule has 0 spiro atoms. The first-order valence-electron chi connectivity index (χ1n) is 7.49. The minimum atomic E-state index is -4.66. The molecule has 0 unspecified atom stereocenters. The number of aromatic hydroxyl groups is 2. The van der Waals surface area contributed by atoms with Crippen LogP contribution in [0.2, 0.25) is 0 Å². The van der Waals surface area contributed by atoms with Crippen LogP contribution in [0.25, 0.3) is 0 Å².